The van der Waals surface area contributed by atoms with Crippen LogP contribution in [0.25, 0.3) is 0 Å². The van der Waals surface area contributed by atoms with Crippen LogP contribution in [0.1, 0.15) is 5.56 Å². The van der Waals surface area contributed by atoms with E-state index in [1.807, 2.05) is 5.38 Å². The van der Waals surface area contributed by atoms with Gasteiger partial charge >= 0.3 is 0 Å². The molecule has 1 N–H and O–H groups in total. The van der Waals surface area contributed by atoms with Crippen LogP contribution < -0.4 is 5.32 Å². The molecule has 0 radical (unpaired) electrons. The van der Waals surface area contributed by atoms with E-state index in [0.717, 1.165) is 16.1 Å². The van der Waals surface area contributed by atoms with Crippen molar-refractivity contribution in [3.8, 4) is 0 Å². The summed E-state index contributed by atoms with van der Waals surface area (Å²) in [5.41, 5.74) is 1.20. The molecule has 0 atom stereocenters. The molecule has 0 amide bonds. The molecule has 0 bridgehead atoms. The quantitative estimate of drug-likeness (QED) is 0.881. The SMILES string of the molecule is Clc1nccc(NCc2ccsc2Br)n1. The van der Waals surface area contributed by atoms with E-state index in [1.54, 1.807) is 23.6 Å². The Morgan fingerprint density at radius 3 is 3.00 bits per heavy atom. The van der Waals surface area contributed by atoms with Crippen molar-refractivity contribution in [3.63, 3.8) is 0 Å². The monoisotopic (exact) mass is 303 g/mol. The molecule has 3 nitrogen and oxygen atoms in total. The Hall–Kier alpha value is -0.650. The van der Waals surface area contributed by atoms with Crippen molar-refractivity contribution in [2.75, 3.05) is 5.32 Å². The molecule has 0 saturated heterocycles. The van der Waals surface area contributed by atoms with E-state index in [9.17, 15) is 0 Å². The van der Waals surface area contributed by atoms with E-state index in [2.05, 4.69) is 37.3 Å². The first-order chi connectivity index (χ1) is 7.25. The maximum Gasteiger partial charge on any atom is 0.224 e. The van der Waals surface area contributed by atoms with Gasteiger partial charge in [0.25, 0.3) is 0 Å². The van der Waals surface area contributed by atoms with E-state index in [-0.39, 0.29) is 5.28 Å². The van der Waals surface area contributed by atoms with E-state index in [0.29, 0.717) is 0 Å². The fourth-order valence-corrected chi connectivity index (χ4v) is 2.45. The predicted molar refractivity (Wildman–Crippen MR) is 66.4 cm³/mol. The third-order valence-corrected chi connectivity index (χ3v) is 3.77. The average molecular weight is 305 g/mol. The molecule has 0 saturated carbocycles. The van der Waals surface area contributed by atoms with Gasteiger partial charge in [-0.3, -0.25) is 0 Å². The molecule has 2 heterocycles. The van der Waals surface area contributed by atoms with Crippen molar-refractivity contribution >= 4 is 44.7 Å². The molecule has 0 aromatic carbocycles. The summed E-state index contributed by atoms with van der Waals surface area (Å²) in [7, 11) is 0. The number of nitrogens with one attached hydrogen (secondary N) is 1. The maximum atomic E-state index is 5.67. The van der Waals surface area contributed by atoms with Crippen molar-refractivity contribution in [1.29, 1.82) is 0 Å². The molecular weight excluding hydrogens is 298 g/mol. The third-order valence-electron chi connectivity index (χ3n) is 1.78. The van der Waals surface area contributed by atoms with Crippen molar-refractivity contribution in [3.05, 3.63) is 38.3 Å². The first-order valence-corrected chi connectivity index (χ1v) is 6.25. The first-order valence-electron chi connectivity index (χ1n) is 4.20. The minimum absolute atomic E-state index is 0.254. The first kappa shape index (κ1) is 10.9. The zero-order valence-electron chi connectivity index (χ0n) is 7.58. The van der Waals surface area contributed by atoms with E-state index >= 15 is 0 Å². The van der Waals surface area contributed by atoms with Gasteiger partial charge in [-0.05, 0) is 50.6 Å². The van der Waals surface area contributed by atoms with Crippen LogP contribution in [0.5, 0.6) is 0 Å². The molecule has 6 heteroatoms. The molecule has 2 rings (SSSR count). The normalized spacial score (nSPS) is 10.3. The molecule has 0 aliphatic carbocycles. The maximum absolute atomic E-state index is 5.67. The van der Waals surface area contributed by atoms with Crippen LogP contribution in [0.3, 0.4) is 0 Å². The summed E-state index contributed by atoms with van der Waals surface area (Å²) in [5.74, 6) is 0.730. The smallest absolute Gasteiger partial charge is 0.224 e. The topological polar surface area (TPSA) is 37.8 Å². The zero-order valence-corrected chi connectivity index (χ0v) is 10.7. The van der Waals surface area contributed by atoms with Gasteiger partial charge in [0.05, 0.1) is 3.79 Å². The number of hydrogen-bond acceptors (Lipinski definition) is 4. The Morgan fingerprint density at radius 2 is 2.33 bits per heavy atom. The van der Waals surface area contributed by atoms with Gasteiger partial charge in [-0.1, -0.05) is 0 Å². The molecule has 0 aliphatic rings. The zero-order chi connectivity index (χ0) is 10.7. The third kappa shape index (κ3) is 2.90. The molecule has 0 aliphatic heterocycles. The number of anilines is 1. The fourth-order valence-electron chi connectivity index (χ4n) is 1.06. The van der Waals surface area contributed by atoms with Gasteiger partial charge in [0.15, 0.2) is 0 Å². The van der Waals surface area contributed by atoms with Gasteiger partial charge in [-0.15, -0.1) is 11.3 Å². The average Bonchev–Trinajstić information content (AvgIpc) is 2.61. The molecule has 0 fully saturated rings. The van der Waals surface area contributed by atoms with E-state index in [1.165, 1.54) is 5.56 Å². The Morgan fingerprint density at radius 1 is 1.47 bits per heavy atom. The molecule has 2 aromatic heterocycles. The van der Waals surface area contributed by atoms with E-state index in [4.69, 9.17) is 11.6 Å². The second-order valence-electron chi connectivity index (χ2n) is 2.78. The lowest BCUT2D eigenvalue weighted by Crippen LogP contribution is -2.01. The second kappa shape index (κ2) is 4.92. The number of halogens is 2. The summed E-state index contributed by atoms with van der Waals surface area (Å²) in [6.07, 6.45) is 1.63. The van der Waals surface area contributed by atoms with Gasteiger partial charge in [0.2, 0.25) is 5.28 Å². The Bertz CT molecular complexity index is 460. The fraction of sp³-hybridized carbons (Fsp3) is 0.111. The number of aromatic nitrogens is 2. The van der Waals surface area contributed by atoms with Gasteiger partial charge in [-0.2, -0.15) is 0 Å². The minimum Gasteiger partial charge on any atom is -0.366 e. The van der Waals surface area contributed by atoms with Crippen LogP contribution in [0.15, 0.2) is 27.5 Å². The van der Waals surface area contributed by atoms with Crippen molar-refractivity contribution in [2.24, 2.45) is 0 Å². The standard InChI is InChI=1S/C9H7BrClN3S/c10-8-6(2-4-15-8)5-13-7-1-3-12-9(11)14-7/h1-4H,5H2,(H,12,13,14). The summed E-state index contributed by atoms with van der Waals surface area (Å²) < 4.78 is 1.13. The lowest BCUT2D eigenvalue weighted by Gasteiger charge is -2.03. The minimum atomic E-state index is 0.254. The largest absolute Gasteiger partial charge is 0.366 e. The van der Waals surface area contributed by atoms with Crippen LogP contribution in [0.2, 0.25) is 5.28 Å². The Labute approximate surface area is 105 Å². The van der Waals surface area contributed by atoms with Gasteiger partial charge in [0.1, 0.15) is 5.82 Å². The summed E-state index contributed by atoms with van der Waals surface area (Å²) in [4.78, 5) is 7.84. The van der Waals surface area contributed by atoms with Crippen molar-refractivity contribution < 1.29 is 0 Å². The lowest BCUT2D eigenvalue weighted by atomic mass is 10.3. The molecule has 15 heavy (non-hydrogen) atoms. The van der Waals surface area contributed by atoms with Crippen LogP contribution in [-0.4, -0.2) is 9.97 Å². The predicted octanol–water partition coefficient (Wildman–Crippen LogP) is 3.57. The Kier molecular flexibility index (Phi) is 3.56. The summed E-state index contributed by atoms with van der Waals surface area (Å²) in [6.45, 7) is 0.720. The second-order valence-corrected chi connectivity index (χ2v) is 5.36. The van der Waals surface area contributed by atoms with Crippen LogP contribution >= 0.6 is 38.9 Å². The van der Waals surface area contributed by atoms with Gasteiger partial charge < -0.3 is 5.32 Å². The molecule has 0 unspecified atom stereocenters. The number of nitrogens with zero attached hydrogens (tertiary/aromatic N) is 2. The lowest BCUT2D eigenvalue weighted by molar-refractivity contribution is 1.08. The molecule has 0 spiro atoms. The number of rotatable bonds is 3. The van der Waals surface area contributed by atoms with Gasteiger partial charge in [-0.25, -0.2) is 9.97 Å². The molecule has 78 valence electrons. The summed E-state index contributed by atoms with van der Waals surface area (Å²) in [6, 6.07) is 3.84. The van der Waals surface area contributed by atoms with Crippen LogP contribution in [0.4, 0.5) is 5.82 Å². The van der Waals surface area contributed by atoms with Crippen LogP contribution in [-0.2, 0) is 6.54 Å². The molecule has 2 aromatic rings. The van der Waals surface area contributed by atoms with Crippen molar-refractivity contribution in [1.82, 2.24) is 9.97 Å². The highest BCUT2D eigenvalue weighted by Crippen LogP contribution is 2.23. The van der Waals surface area contributed by atoms with Gasteiger partial charge in [0, 0.05) is 12.7 Å². The highest BCUT2D eigenvalue weighted by molar-refractivity contribution is 9.11. The van der Waals surface area contributed by atoms with Crippen molar-refractivity contribution in [2.45, 2.75) is 6.54 Å². The molecular formula is C9H7BrClN3S. The summed E-state index contributed by atoms with van der Waals surface area (Å²) >= 11 is 10.8. The number of hydrogen-bond donors (Lipinski definition) is 1. The highest BCUT2D eigenvalue weighted by atomic mass is 79.9. The van der Waals surface area contributed by atoms with Crippen LogP contribution in [0, 0.1) is 0 Å². The Balaban J connectivity index is 2.02. The highest BCUT2D eigenvalue weighted by Gasteiger charge is 2.01. The summed E-state index contributed by atoms with van der Waals surface area (Å²) in [5, 5.41) is 5.46. The number of thiophene rings is 1. The van der Waals surface area contributed by atoms with E-state index < -0.39 is 0 Å².